The van der Waals surface area contributed by atoms with Crippen LogP contribution in [0.4, 0.5) is 10.1 Å². The van der Waals surface area contributed by atoms with E-state index in [9.17, 15) is 4.39 Å². The van der Waals surface area contributed by atoms with Crippen molar-refractivity contribution in [1.29, 1.82) is 0 Å². The summed E-state index contributed by atoms with van der Waals surface area (Å²) in [5.74, 6) is -0.255. The first-order valence-corrected chi connectivity index (χ1v) is 5.93. The molecule has 88 valence electrons. The van der Waals surface area contributed by atoms with Crippen LogP contribution in [0.3, 0.4) is 0 Å². The molecule has 1 atom stereocenters. The van der Waals surface area contributed by atoms with Gasteiger partial charge in [0.1, 0.15) is 5.82 Å². The molecule has 1 heterocycles. The molecule has 16 heavy (non-hydrogen) atoms. The molecule has 0 aromatic heterocycles. The minimum atomic E-state index is -0.255. The first-order chi connectivity index (χ1) is 7.75. The van der Waals surface area contributed by atoms with Gasteiger partial charge in [-0.3, -0.25) is 0 Å². The molecule has 1 aromatic carbocycles. The Morgan fingerprint density at radius 2 is 2.19 bits per heavy atom. The van der Waals surface area contributed by atoms with E-state index < -0.39 is 0 Å². The van der Waals surface area contributed by atoms with Crippen molar-refractivity contribution in [2.45, 2.75) is 25.3 Å². The van der Waals surface area contributed by atoms with Crippen LogP contribution in [0.1, 0.15) is 19.3 Å². The van der Waals surface area contributed by atoms with E-state index in [4.69, 9.17) is 16.3 Å². The average molecular weight is 244 g/mol. The largest absolute Gasteiger partial charge is 0.381 e. The number of benzene rings is 1. The minimum absolute atomic E-state index is 0.255. The van der Waals surface area contributed by atoms with Crippen molar-refractivity contribution in [2.24, 2.45) is 0 Å². The molecule has 0 aliphatic carbocycles. The summed E-state index contributed by atoms with van der Waals surface area (Å²) in [6, 6.07) is 4.84. The fraction of sp³-hybridized carbons (Fsp3) is 0.500. The number of hydrogen-bond donors (Lipinski definition) is 1. The summed E-state index contributed by atoms with van der Waals surface area (Å²) in [6.45, 7) is 1.54. The lowest BCUT2D eigenvalue weighted by molar-refractivity contribution is 0.144. The Bertz CT molecular complexity index is 351. The number of anilines is 1. The van der Waals surface area contributed by atoms with Crippen molar-refractivity contribution in [2.75, 3.05) is 18.5 Å². The topological polar surface area (TPSA) is 21.3 Å². The lowest BCUT2D eigenvalue weighted by atomic mass is 10.1. The third-order valence-corrected chi connectivity index (χ3v) is 2.98. The Kier molecular flexibility index (Phi) is 4.02. The lowest BCUT2D eigenvalue weighted by Gasteiger charge is -2.17. The van der Waals surface area contributed by atoms with Crippen molar-refractivity contribution >= 4 is 17.3 Å². The zero-order chi connectivity index (χ0) is 11.4. The summed E-state index contributed by atoms with van der Waals surface area (Å²) >= 11 is 5.84. The Morgan fingerprint density at radius 3 is 3.06 bits per heavy atom. The summed E-state index contributed by atoms with van der Waals surface area (Å²) < 4.78 is 18.8. The molecule has 1 N–H and O–H groups in total. The summed E-state index contributed by atoms with van der Waals surface area (Å²) in [7, 11) is 0. The maximum atomic E-state index is 13.5. The van der Waals surface area contributed by atoms with Crippen molar-refractivity contribution in [3.05, 3.63) is 29.0 Å². The Hall–Kier alpha value is -0.800. The second-order valence-corrected chi connectivity index (χ2v) is 4.45. The summed E-state index contributed by atoms with van der Waals surface area (Å²) in [5.41, 5.74) is 0.486. The van der Waals surface area contributed by atoms with Crippen LogP contribution in [-0.2, 0) is 4.74 Å². The summed E-state index contributed by atoms with van der Waals surface area (Å²) in [6.07, 6.45) is 2.93. The third-order valence-electron chi connectivity index (χ3n) is 2.74. The third kappa shape index (κ3) is 3.09. The van der Waals surface area contributed by atoms with Crippen LogP contribution in [-0.4, -0.2) is 19.3 Å². The molecular weight excluding hydrogens is 229 g/mol. The van der Waals surface area contributed by atoms with Gasteiger partial charge in [0, 0.05) is 24.3 Å². The second-order valence-electron chi connectivity index (χ2n) is 4.01. The molecule has 2 rings (SSSR count). The lowest BCUT2D eigenvalue weighted by Crippen LogP contribution is -2.20. The van der Waals surface area contributed by atoms with E-state index in [1.165, 1.54) is 6.07 Å². The van der Waals surface area contributed by atoms with Gasteiger partial charge in [-0.25, -0.2) is 4.39 Å². The average Bonchev–Trinajstić information content (AvgIpc) is 2.52. The first kappa shape index (κ1) is 11.7. The van der Waals surface area contributed by atoms with Gasteiger partial charge in [-0.2, -0.15) is 0 Å². The van der Waals surface area contributed by atoms with E-state index in [0.717, 1.165) is 32.5 Å². The van der Waals surface area contributed by atoms with Crippen LogP contribution in [0, 0.1) is 5.82 Å². The SMILES string of the molecule is Fc1ccc(Cl)cc1NC1CCCOCC1. The van der Waals surface area contributed by atoms with E-state index in [2.05, 4.69) is 5.32 Å². The maximum absolute atomic E-state index is 13.5. The van der Waals surface area contributed by atoms with Gasteiger partial charge in [0.25, 0.3) is 0 Å². The molecule has 0 saturated carbocycles. The number of ether oxygens (including phenoxy) is 1. The van der Waals surface area contributed by atoms with Crippen molar-refractivity contribution in [3.8, 4) is 0 Å². The van der Waals surface area contributed by atoms with E-state index in [1.807, 2.05) is 0 Å². The molecule has 1 aromatic rings. The molecule has 2 nitrogen and oxygen atoms in total. The van der Waals surface area contributed by atoms with Crippen LogP contribution < -0.4 is 5.32 Å². The van der Waals surface area contributed by atoms with Gasteiger partial charge < -0.3 is 10.1 Å². The molecular formula is C12H15ClFNO. The van der Waals surface area contributed by atoms with Gasteiger partial charge in [-0.1, -0.05) is 11.6 Å². The fourth-order valence-corrected chi connectivity index (χ4v) is 2.05. The van der Waals surface area contributed by atoms with Crippen LogP contribution in [0.15, 0.2) is 18.2 Å². The molecule has 1 aliphatic rings. The molecule has 0 spiro atoms. The molecule has 0 amide bonds. The minimum Gasteiger partial charge on any atom is -0.381 e. The normalized spacial score (nSPS) is 21.5. The Balaban J connectivity index is 2.04. The van der Waals surface area contributed by atoms with Crippen LogP contribution >= 0.6 is 11.6 Å². The second kappa shape index (κ2) is 5.51. The highest BCUT2D eigenvalue weighted by atomic mass is 35.5. The van der Waals surface area contributed by atoms with Crippen LogP contribution in [0.2, 0.25) is 5.02 Å². The monoisotopic (exact) mass is 243 g/mol. The molecule has 0 radical (unpaired) electrons. The molecule has 1 saturated heterocycles. The van der Waals surface area contributed by atoms with Gasteiger partial charge in [0.2, 0.25) is 0 Å². The van der Waals surface area contributed by atoms with E-state index >= 15 is 0 Å². The maximum Gasteiger partial charge on any atom is 0.146 e. The van der Waals surface area contributed by atoms with Crippen molar-refractivity contribution in [3.63, 3.8) is 0 Å². The molecule has 0 bridgehead atoms. The zero-order valence-electron chi connectivity index (χ0n) is 9.01. The predicted molar refractivity (Wildman–Crippen MR) is 63.5 cm³/mol. The van der Waals surface area contributed by atoms with Gasteiger partial charge in [-0.05, 0) is 37.5 Å². The van der Waals surface area contributed by atoms with Crippen molar-refractivity contribution in [1.82, 2.24) is 0 Å². The standard InChI is InChI=1S/C12H15ClFNO/c13-9-3-4-11(14)12(8-9)15-10-2-1-6-16-7-5-10/h3-4,8,10,15H,1-2,5-7H2. The summed E-state index contributed by atoms with van der Waals surface area (Å²) in [4.78, 5) is 0. The number of rotatable bonds is 2. The molecule has 1 aliphatic heterocycles. The van der Waals surface area contributed by atoms with Crippen molar-refractivity contribution < 1.29 is 9.13 Å². The Labute approximate surface area is 99.7 Å². The van der Waals surface area contributed by atoms with Crippen LogP contribution in [0.5, 0.6) is 0 Å². The zero-order valence-corrected chi connectivity index (χ0v) is 9.77. The van der Waals surface area contributed by atoms with E-state index in [0.29, 0.717) is 10.7 Å². The van der Waals surface area contributed by atoms with E-state index in [-0.39, 0.29) is 11.9 Å². The van der Waals surface area contributed by atoms with Crippen LogP contribution in [0.25, 0.3) is 0 Å². The highest BCUT2D eigenvalue weighted by molar-refractivity contribution is 6.30. The smallest absolute Gasteiger partial charge is 0.146 e. The molecule has 1 fully saturated rings. The van der Waals surface area contributed by atoms with Gasteiger partial charge in [-0.15, -0.1) is 0 Å². The highest BCUT2D eigenvalue weighted by Crippen LogP contribution is 2.22. The fourth-order valence-electron chi connectivity index (χ4n) is 1.88. The van der Waals surface area contributed by atoms with Gasteiger partial charge in [0.15, 0.2) is 0 Å². The Morgan fingerprint density at radius 1 is 1.31 bits per heavy atom. The van der Waals surface area contributed by atoms with E-state index in [1.54, 1.807) is 12.1 Å². The number of nitrogens with one attached hydrogen (secondary N) is 1. The van der Waals surface area contributed by atoms with Gasteiger partial charge in [0.05, 0.1) is 5.69 Å². The first-order valence-electron chi connectivity index (χ1n) is 5.55. The predicted octanol–water partition coefficient (Wildman–Crippen LogP) is 3.46. The van der Waals surface area contributed by atoms with Gasteiger partial charge >= 0.3 is 0 Å². The molecule has 4 heteroatoms. The highest BCUT2D eigenvalue weighted by Gasteiger charge is 2.13. The quantitative estimate of drug-likeness (QED) is 0.859. The summed E-state index contributed by atoms with van der Waals surface area (Å²) in [5, 5.41) is 3.74. The molecule has 1 unspecified atom stereocenters. The number of halogens is 2. The number of hydrogen-bond acceptors (Lipinski definition) is 2.